The Morgan fingerprint density at radius 1 is 1.56 bits per heavy atom. The van der Waals surface area contributed by atoms with Crippen molar-refractivity contribution in [1.82, 2.24) is 25.4 Å². The fraction of sp³-hybridized carbons (Fsp3) is 0.500. The number of rotatable bonds is 4. The number of carbonyl (C=O) groups excluding carboxylic acids is 2. The highest BCUT2D eigenvalue weighted by molar-refractivity contribution is 6.28. The van der Waals surface area contributed by atoms with Gasteiger partial charge in [0.2, 0.25) is 5.91 Å². The third-order valence-electron chi connectivity index (χ3n) is 1.81. The summed E-state index contributed by atoms with van der Waals surface area (Å²) in [5.74, 6) is -0.0155. The molecule has 0 radical (unpaired) electrons. The van der Waals surface area contributed by atoms with E-state index in [1.165, 1.54) is 0 Å². The van der Waals surface area contributed by atoms with Crippen LogP contribution in [0.3, 0.4) is 0 Å². The van der Waals surface area contributed by atoms with Crippen molar-refractivity contribution in [3.63, 3.8) is 0 Å². The minimum absolute atomic E-state index is 0.239. The van der Waals surface area contributed by atoms with E-state index in [1.807, 2.05) is 7.05 Å². The molecule has 7 nitrogen and oxygen atoms in total. The number of aromatic nitrogens is 3. The number of amides is 3. The van der Waals surface area contributed by atoms with Crippen LogP contribution in [0.5, 0.6) is 0 Å². The van der Waals surface area contributed by atoms with Gasteiger partial charge in [0.05, 0.1) is 0 Å². The molecule has 0 fully saturated rings. The summed E-state index contributed by atoms with van der Waals surface area (Å²) in [7, 11) is 1.81. The number of carbonyl (C=O) groups is 2. The molecular weight excluding hydrogens is 234 g/mol. The average Bonchev–Trinajstić information content (AvgIpc) is 2.64. The molecule has 16 heavy (non-hydrogen) atoms. The first-order valence-electron chi connectivity index (χ1n) is 4.60. The van der Waals surface area contributed by atoms with E-state index >= 15 is 0 Å². The predicted molar refractivity (Wildman–Crippen MR) is 57.0 cm³/mol. The molecule has 0 aliphatic heterocycles. The van der Waals surface area contributed by atoms with Crippen LogP contribution in [0.4, 0.5) is 4.79 Å². The zero-order chi connectivity index (χ0) is 12.0. The highest BCUT2D eigenvalue weighted by atomic mass is 35.5. The van der Waals surface area contributed by atoms with E-state index in [1.54, 1.807) is 10.9 Å². The quantitative estimate of drug-likeness (QED) is 0.695. The lowest BCUT2D eigenvalue weighted by molar-refractivity contribution is -0.117. The summed E-state index contributed by atoms with van der Waals surface area (Å²) in [5, 5.41) is 12.1. The van der Waals surface area contributed by atoms with E-state index in [9.17, 15) is 9.59 Å². The summed E-state index contributed by atoms with van der Waals surface area (Å²) >= 11 is 5.22. The average molecular weight is 246 g/mol. The third-order valence-corrected chi connectivity index (χ3v) is 2.06. The standard InChI is InChI=1S/C8H12ClN5O2/c1-14-5-11-13-6(14)2-3-10-8(16)12-7(15)4-9/h5H,2-4H2,1H3,(H2,10,12,15,16). The molecule has 1 aromatic heterocycles. The van der Waals surface area contributed by atoms with Crippen molar-refractivity contribution < 1.29 is 9.59 Å². The van der Waals surface area contributed by atoms with Gasteiger partial charge in [-0.05, 0) is 0 Å². The molecular formula is C8H12ClN5O2. The Hall–Kier alpha value is -1.63. The van der Waals surface area contributed by atoms with E-state index in [0.29, 0.717) is 13.0 Å². The van der Waals surface area contributed by atoms with Crippen LogP contribution < -0.4 is 10.6 Å². The van der Waals surface area contributed by atoms with E-state index in [-0.39, 0.29) is 5.88 Å². The Morgan fingerprint density at radius 2 is 2.31 bits per heavy atom. The lowest BCUT2D eigenvalue weighted by Gasteiger charge is -2.04. The minimum atomic E-state index is -0.562. The molecule has 0 bridgehead atoms. The smallest absolute Gasteiger partial charge is 0.321 e. The van der Waals surface area contributed by atoms with Gasteiger partial charge >= 0.3 is 6.03 Å². The zero-order valence-corrected chi connectivity index (χ0v) is 9.49. The molecule has 88 valence electrons. The molecule has 8 heteroatoms. The zero-order valence-electron chi connectivity index (χ0n) is 8.73. The summed E-state index contributed by atoms with van der Waals surface area (Å²) in [6.07, 6.45) is 2.12. The number of alkyl halides is 1. The summed E-state index contributed by atoms with van der Waals surface area (Å²) in [6, 6.07) is -0.562. The number of aryl methyl sites for hydroxylation is 1. The fourth-order valence-corrected chi connectivity index (χ4v) is 1.09. The molecule has 0 aliphatic carbocycles. The normalized spacial score (nSPS) is 9.88. The molecule has 1 heterocycles. The Balaban J connectivity index is 2.23. The van der Waals surface area contributed by atoms with Crippen LogP contribution in [0.2, 0.25) is 0 Å². The largest absolute Gasteiger partial charge is 0.337 e. The summed E-state index contributed by atoms with van der Waals surface area (Å²) in [4.78, 5) is 21.8. The van der Waals surface area contributed by atoms with Crippen molar-refractivity contribution >= 4 is 23.5 Å². The number of halogens is 1. The van der Waals surface area contributed by atoms with Crippen molar-refractivity contribution in [2.75, 3.05) is 12.4 Å². The topological polar surface area (TPSA) is 88.9 Å². The number of hydrogen-bond donors (Lipinski definition) is 2. The van der Waals surface area contributed by atoms with E-state index < -0.39 is 11.9 Å². The Labute approximate surface area is 97.2 Å². The first kappa shape index (κ1) is 12.4. The lowest BCUT2D eigenvalue weighted by atomic mass is 10.4. The first-order valence-corrected chi connectivity index (χ1v) is 5.13. The van der Waals surface area contributed by atoms with Gasteiger partial charge in [-0.3, -0.25) is 10.1 Å². The minimum Gasteiger partial charge on any atom is -0.337 e. The maximum Gasteiger partial charge on any atom is 0.321 e. The van der Waals surface area contributed by atoms with Gasteiger partial charge < -0.3 is 9.88 Å². The van der Waals surface area contributed by atoms with Gasteiger partial charge in [-0.25, -0.2) is 4.79 Å². The van der Waals surface area contributed by atoms with Gasteiger partial charge in [0.25, 0.3) is 0 Å². The van der Waals surface area contributed by atoms with Gasteiger partial charge in [0.15, 0.2) is 0 Å². The summed E-state index contributed by atoms with van der Waals surface area (Å²) < 4.78 is 1.75. The SMILES string of the molecule is Cn1cnnc1CCNC(=O)NC(=O)CCl. The van der Waals surface area contributed by atoms with Crippen LogP contribution in [0, 0.1) is 0 Å². The van der Waals surface area contributed by atoms with Crippen molar-refractivity contribution in [2.45, 2.75) is 6.42 Å². The van der Waals surface area contributed by atoms with Crippen molar-refractivity contribution in [1.29, 1.82) is 0 Å². The maximum atomic E-state index is 11.1. The Kier molecular flexibility index (Phi) is 4.71. The highest BCUT2D eigenvalue weighted by Gasteiger charge is 2.06. The second-order valence-corrected chi connectivity index (χ2v) is 3.31. The second-order valence-electron chi connectivity index (χ2n) is 3.05. The number of nitrogens with zero attached hydrogens (tertiary/aromatic N) is 3. The molecule has 3 amide bonds. The van der Waals surface area contributed by atoms with Crippen LogP contribution >= 0.6 is 11.6 Å². The third kappa shape index (κ3) is 3.85. The monoisotopic (exact) mass is 245 g/mol. The predicted octanol–water partition coefficient (Wildman–Crippen LogP) is -0.578. The molecule has 0 unspecified atom stereocenters. The Morgan fingerprint density at radius 3 is 2.88 bits per heavy atom. The molecule has 1 aromatic rings. The fourth-order valence-electron chi connectivity index (χ4n) is 1.03. The summed E-state index contributed by atoms with van der Waals surface area (Å²) in [5.41, 5.74) is 0. The van der Waals surface area contributed by atoms with Crippen LogP contribution in [-0.2, 0) is 18.3 Å². The summed E-state index contributed by atoms with van der Waals surface area (Å²) in [6.45, 7) is 0.369. The molecule has 0 saturated carbocycles. The number of urea groups is 1. The molecule has 0 spiro atoms. The number of nitrogens with one attached hydrogen (secondary N) is 2. The van der Waals surface area contributed by atoms with Crippen LogP contribution in [0.1, 0.15) is 5.82 Å². The van der Waals surface area contributed by atoms with E-state index in [0.717, 1.165) is 5.82 Å². The molecule has 0 aliphatic rings. The Bertz CT molecular complexity index is 378. The molecule has 0 saturated heterocycles. The highest BCUT2D eigenvalue weighted by Crippen LogP contribution is 1.90. The van der Waals surface area contributed by atoms with E-state index in [2.05, 4.69) is 20.8 Å². The van der Waals surface area contributed by atoms with Gasteiger partial charge in [0, 0.05) is 20.0 Å². The van der Waals surface area contributed by atoms with Crippen molar-refractivity contribution in [3.8, 4) is 0 Å². The van der Waals surface area contributed by atoms with Gasteiger partial charge in [-0.2, -0.15) is 0 Å². The molecule has 1 rings (SSSR count). The molecule has 0 atom stereocenters. The second kappa shape index (κ2) is 6.06. The number of imide groups is 1. The number of hydrogen-bond acceptors (Lipinski definition) is 4. The van der Waals surface area contributed by atoms with Crippen LogP contribution in [0.25, 0.3) is 0 Å². The molecule has 0 aromatic carbocycles. The van der Waals surface area contributed by atoms with Crippen LogP contribution in [-0.4, -0.2) is 39.1 Å². The maximum absolute atomic E-state index is 11.1. The van der Waals surface area contributed by atoms with Crippen molar-refractivity contribution in [3.05, 3.63) is 12.2 Å². The lowest BCUT2D eigenvalue weighted by Crippen LogP contribution is -2.40. The molecule has 2 N–H and O–H groups in total. The van der Waals surface area contributed by atoms with Gasteiger partial charge in [-0.1, -0.05) is 0 Å². The van der Waals surface area contributed by atoms with Crippen LogP contribution in [0.15, 0.2) is 6.33 Å². The van der Waals surface area contributed by atoms with E-state index in [4.69, 9.17) is 11.6 Å². The van der Waals surface area contributed by atoms with Gasteiger partial charge in [0.1, 0.15) is 18.0 Å². The first-order chi connectivity index (χ1) is 7.63. The van der Waals surface area contributed by atoms with Crippen molar-refractivity contribution in [2.24, 2.45) is 7.05 Å². The van der Waals surface area contributed by atoms with Gasteiger partial charge in [-0.15, -0.1) is 21.8 Å².